The molecule has 0 aliphatic rings. The molecule has 5 nitrogen and oxygen atoms in total. The van der Waals surface area contributed by atoms with Gasteiger partial charge in [0.15, 0.2) is 17.5 Å². The van der Waals surface area contributed by atoms with Crippen LogP contribution in [-0.4, -0.2) is 24.5 Å². The summed E-state index contributed by atoms with van der Waals surface area (Å²) in [5.41, 5.74) is 15.1. The van der Waals surface area contributed by atoms with Gasteiger partial charge in [0.05, 0.1) is 16.7 Å². The number of pyridine rings is 1. The summed E-state index contributed by atoms with van der Waals surface area (Å²) in [6, 6.07) is 62.2. The molecule has 7 aromatic carbocycles. The summed E-state index contributed by atoms with van der Waals surface area (Å²) in [4.78, 5) is 19.9. The van der Waals surface area contributed by atoms with Crippen molar-refractivity contribution >= 4 is 21.8 Å². The van der Waals surface area contributed by atoms with Crippen molar-refractivity contribution in [3.05, 3.63) is 199 Å². The molecule has 0 unspecified atom stereocenters. The zero-order valence-electron chi connectivity index (χ0n) is 31.6. The maximum Gasteiger partial charge on any atom is 0.166 e. The molecular formula is C52H37N5. The van der Waals surface area contributed by atoms with E-state index in [1.165, 1.54) is 33.0 Å². The van der Waals surface area contributed by atoms with Crippen LogP contribution in [0.5, 0.6) is 0 Å². The molecule has 0 bridgehead atoms. The Bertz CT molecular complexity index is 2880. The summed E-state index contributed by atoms with van der Waals surface area (Å²) in [6.45, 7) is 4.25. The van der Waals surface area contributed by atoms with Gasteiger partial charge in [0.2, 0.25) is 0 Å². The molecule has 3 heterocycles. The van der Waals surface area contributed by atoms with Gasteiger partial charge in [-0.2, -0.15) is 0 Å². The summed E-state index contributed by atoms with van der Waals surface area (Å²) in [5, 5.41) is 2.34. The summed E-state index contributed by atoms with van der Waals surface area (Å²) in [5.74, 6) is 1.82. The monoisotopic (exact) mass is 731 g/mol. The Hall–Kier alpha value is -7.50. The van der Waals surface area contributed by atoms with Crippen LogP contribution in [0, 0.1) is 13.8 Å². The Morgan fingerprint density at radius 1 is 0.351 bits per heavy atom. The summed E-state index contributed by atoms with van der Waals surface area (Å²) in [7, 11) is 0. The number of benzene rings is 7. The van der Waals surface area contributed by atoms with Gasteiger partial charge >= 0.3 is 0 Å². The van der Waals surface area contributed by atoms with Crippen LogP contribution in [0.15, 0.2) is 188 Å². The van der Waals surface area contributed by atoms with Crippen LogP contribution in [0.3, 0.4) is 0 Å². The number of aryl methyl sites for hydroxylation is 2. The molecule has 0 saturated heterocycles. The Morgan fingerprint density at radius 2 is 0.772 bits per heavy atom. The summed E-state index contributed by atoms with van der Waals surface area (Å²) >= 11 is 0. The van der Waals surface area contributed by atoms with Gasteiger partial charge in [-0.15, -0.1) is 0 Å². The zero-order valence-corrected chi connectivity index (χ0v) is 31.6. The molecule has 3 aromatic heterocycles. The van der Waals surface area contributed by atoms with E-state index < -0.39 is 0 Å². The van der Waals surface area contributed by atoms with Crippen molar-refractivity contribution < 1.29 is 0 Å². The van der Waals surface area contributed by atoms with E-state index in [0.717, 1.165) is 55.7 Å². The van der Waals surface area contributed by atoms with Crippen molar-refractivity contribution in [3.63, 3.8) is 0 Å². The maximum absolute atomic E-state index is 5.26. The van der Waals surface area contributed by atoms with Crippen LogP contribution in [-0.2, 0) is 0 Å². The Labute approximate surface area is 331 Å². The Morgan fingerprint density at radius 3 is 1.28 bits per heavy atom. The molecule has 0 aliphatic heterocycles. The normalized spacial score (nSPS) is 11.3. The number of nitrogens with zero attached hydrogens (tertiary/aromatic N) is 5. The molecule has 0 radical (unpaired) electrons. The van der Waals surface area contributed by atoms with Gasteiger partial charge in [-0.3, -0.25) is 4.98 Å². The largest absolute Gasteiger partial charge is 0.308 e. The van der Waals surface area contributed by atoms with E-state index in [4.69, 9.17) is 15.0 Å². The lowest BCUT2D eigenvalue weighted by molar-refractivity contribution is 1.06. The number of rotatable bonds is 7. The van der Waals surface area contributed by atoms with E-state index in [9.17, 15) is 0 Å². The van der Waals surface area contributed by atoms with Gasteiger partial charge < -0.3 is 4.57 Å². The van der Waals surface area contributed by atoms with Crippen LogP contribution in [0.4, 0.5) is 0 Å². The van der Waals surface area contributed by atoms with Crippen molar-refractivity contribution in [1.82, 2.24) is 24.5 Å². The smallest absolute Gasteiger partial charge is 0.166 e. The predicted molar refractivity (Wildman–Crippen MR) is 234 cm³/mol. The average Bonchev–Trinajstić information content (AvgIpc) is 3.60. The first-order chi connectivity index (χ1) is 28.1. The molecule has 270 valence electrons. The minimum absolute atomic E-state index is 0.591. The predicted octanol–water partition coefficient (Wildman–Crippen LogP) is 13.0. The second kappa shape index (κ2) is 14.3. The number of hydrogen-bond donors (Lipinski definition) is 0. The average molecular weight is 732 g/mol. The molecular weight excluding hydrogens is 695 g/mol. The van der Waals surface area contributed by atoms with Gasteiger partial charge in [0, 0.05) is 39.9 Å². The van der Waals surface area contributed by atoms with Crippen molar-refractivity contribution in [1.29, 1.82) is 0 Å². The lowest BCUT2D eigenvalue weighted by Gasteiger charge is -2.17. The van der Waals surface area contributed by atoms with Gasteiger partial charge in [-0.05, 0) is 83.6 Å². The SMILES string of the molecule is Cc1ccc(-c2ccc3c4ccc(-c5ccc(C)cc5)cc4n(-c4ccc(-c5ccncc5)cc4-c4nc(-c5ccccc5)nc(-c5ccccc5)n4)c3c2)cc1. The van der Waals surface area contributed by atoms with E-state index in [2.05, 4.69) is 127 Å². The highest BCUT2D eigenvalue weighted by Gasteiger charge is 2.21. The third-order valence-corrected chi connectivity index (χ3v) is 10.7. The van der Waals surface area contributed by atoms with Crippen molar-refractivity contribution in [2.45, 2.75) is 13.8 Å². The Kier molecular flexibility index (Phi) is 8.53. The highest BCUT2D eigenvalue weighted by molar-refractivity contribution is 6.11. The lowest BCUT2D eigenvalue weighted by atomic mass is 10.0. The van der Waals surface area contributed by atoms with E-state index in [0.29, 0.717) is 17.5 Å². The third-order valence-electron chi connectivity index (χ3n) is 10.7. The highest BCUT2D eigenvalue weighted by atomic mass is 15.1. The van der Waals surface area contributed by atoms with Gasteiger partial charge in [-0.1, -0.05) is 151 Å². The van der Waals surface area contributed by atoms with Crippen molar-refractivity contribution in [3.8, 4) is 73.2 Å². The van der Waals surface area contributed by atoms with Crippen LogP contribution < -0.4 is 0 Å². The van der Waals surface area contributed by atoms with Gasteiger partial charge in [-0.25, -0.2) is 15.0 Å². The van der Waals surface area contributed by atoms with Crippen LogP contribution >= 0.6 is 0 Å². The van der Waals surface area contributed by atoms with E-state index >= 15 is 0 Å². The molecule has 0 saturated carbocycles. The second-order valence-electron chi connectivity index (χ2n) is 14.5. The second-order valence-corrected chi connectivity index (χ2v) is 14.5. The first-order valence-corrected chi connectivity index (χ1v) is 19.2. The third kappa shape index (κ3) is 6.45. The van der Waals surface area contributed by atoms with Crippen molar-refractivity contribution in [2.24, 2.45) is 0 Å². The van der Waals surface area contributed by atoms with E-state index in [1.54, 1.807) is 0 Å². The van der Waals surface area contributed by atoms with E-state index in [-0.39, 0.29) is 0 Å². The molecule has 5 heteroatoms. The summed E-state index contributed by atoms with van der Waals surface area (Å²) < 4.78 is 2.40. The van der Waals surface area contributed by atoms with Gasteiger partial charge in [0.25, 0.3) is 0 Å². The fourth-order valence-corrected chi connectivity index (χ4v) is 7.69. The molecule has 57 heavy (non-hydrogen) atoms. The van der Waals surface area contributed by atoms with Crippen molar-refractivity contribution in [2.75, 3.05) is 0 Å². The molecule has 0 fully saturated rings. The first kappa shape index (κ1) is 34.0. The number of fused-ring (bicyclic) bond motifs is 3. The number of hydrogen-bond acceptors (Lipinski definition) is 4. The van der Waals surface area contributed by atoms with Crippen LogP contribution in [0.25, 0.3) is 95.0 Å². The van der Waals surface area contributed by atoms with Crippen LogP contribution in [0.2, 0.25) is 0 Å². The highest BCUT2D eigenvalue weighted by Crippen LogP contribution is 2.41. The standard InChI is InChI=1S/C52H37N5/c1-34-13-17-36(18-14-34)42-21-24-44-45-25-22-43(37-19-15-35(2)16-20-37)33-49(45)57(48(44)32-42)47-26-23-41(38-27-29-53-30-28-38)31-46(47)52-55-50(39-9-5-3-6-10-39)54-51(56-52)40-11-7-4-8-12-40/h3-33H,1-2H3. The fraction of sp³-hybridized carbons (Fsp3) is 0.0385. The topological polar surface area (TPSA) is 56.5 Å². The fourth-order valence-electron chi connectivity index (χ4n) is 7.69. The van der Waals surface area contributed by atoms with Gasteiger partial charge in [0.1, 0.15) is 0 Å². The minimum Gasteiger partial charge on any atom is -0.308 e. The quantitative estimate of drug-likeness (QED) is 0.164. The molecule has 0 atom stereocenters. The lowest BCUT2D eigenvalue weighted by Crippen LogP contribution is -2.04. The Balaban J connectivity index is 1.29. The molecule has 0 amide bonds. The molecule has 10 rings (SSSR count). The summed E-state index contributed by atoms with van der Waals surface area (Å²) in [6.07, 6.45) is 3.66. The minimum atomic E-state index is 0.591. The first-order valence-electron chi connectivity index (χ1n) is 19.2. The molecule has 10 aromatic rings. The molecule has 0 spiro atoms. The molecule has 0 aliphatic carbocycles. The van der Waals surface area contributed by atoms with E-state index in [1.807, 2.05) is 85.2 Å². The molecule has 0 N–H and O–H groups in total. The zero-order chi connectivity index (χ0) is 38.3. The maximum atomic E-state index is 5.26. The number of aromatic nitrogens is 5. The van der Waals surface area contributed by atoms with Crippen LogP contribution in [0.1, 0.15) is 11.1 Å².